The summed E-state index contributed by atoms with van der Waals surface area (Å²) in [6.45, 7) is -0.341. The van der Waals surface area contributed by atoms with Crippen molar-refractivity contribution in [1.29, 1.82) is 0 Å². The number of rotatable bonds is 3. The van der Waals surface area contributed by atoms with Gasteiger partial charge in [-0.25, -0.2) is 4.79 Å². The van der Waals surface area contributed by atoms with Crippen LogP contribution in [0.4, 0.5) is 9.77 Å². The monoisotopic (exact) mass is 291 g/mol. The van der Waals surface area contributed by atoms with E-state index in [0.717, 1.165) is 12.0 Å². The van der Waals surface area contributed by atoms with Gasteiger partial charge in [-0.2, -0.15) is 8.42 Å². The molecule has 9 heteroatoms. The Hall–Kier alpha value is -1.90. The third-order valence-electron chi connectivity index (χ3n) is 2.73. The molecule has 0 aromatic carbocycles. The summed E-state index contributed by atoms with van der Waals surface area (Å²) in [4.78, 5) is 23.8. The highest BCUT2D eigenvalue weighted by molar-refractivity contribution is 7.87. The number of methoxy groups -OCH3 is 1. The molecule has 2 rings (SSSR count). The summed E-state index contributed by atoms with van der Waals surface area (Å²) in [5.74, 6) is -1.46. The molecule has 0 radical (unpaired) electrons. The molecule has 1 atom stereocenters. The molecule has 19 heavy (non-hydrogen) atoms. The predicted octanol–water partition coefficient (Wildman–Crippen LogP) is 0.471. The van der Waals surface area contributed by atoms with Crippen LogP contribution in [-0.2, 0) is 19.8 Å². The molecule has 1 fully saturated rings. The van der Waals surface area contributed by atoms with Crippen LogP contribution in [-0.4, -0.2) is 39.2 Å². The fraction of sp³-hybridized carbons (Fsp3) is 0.400. The van der Waals surface area contributed by atoms with Gasteiger partial charge in [-0.05, 0) is 6.07 Å². The lowest BCUT2D eigenvalue weighted by atomic mass is 10.4. The van der Waals surface area contributed by atoms with Crippen LogP contribution in [0, 0.1) is 0 Å². The fourth-order valence-corrected chi connectivity index (χ4v) is 2.43. The number of nitrogens with zero attached hydrogens (tertiary/aromatic N) is 1. The Labute approximate surface area is 108 Å². The molecule has 0 aliphatic carbocycles. The standard InChI is InChI=1S/C10H10FNO6S/c1-17-10(14)7-2-3-9(18-7)12-5-6(4-8(12)13)19(11,15)16/h2-3,6H,4-5H2,1H3. The molecular weight excluding hydrogens is 281 g/mol. The van der Waals surface area contributed by atoms with Gasteiger partial charge in [0.2, 0.25) is 17.6 Å². The molecule has 1 aromatic rings. The lowest BCUT2D eigenvalue weighted by Crippen LogP contribution is -2.26. The smallest absolute Gasteiger partial charge is 0.374 e. The van der Waals surface area contributed by atoms with E-state index in [9.17, 15) is 21.9 Å². The number of halogens is 1. The van der Waals surface area contributed by atoms with Crippen LogP contribution in [0.15, 0.2) is 16.5 Å². The van der Waals surface area contributed by atoms with E-state index in [2.05, 4.69) is 4.74 Å². The van der Waals surface area contributed by atoms with Gasteiger partial charge in [0.15, 0.2) is 0 Å². The van der Waals surface area contributed by atoms with Crippen molar-refractivity contribution in [3.63, 3.8) is 0 Å². The summed E-state index contributed by atoms with van der Waals surface area (Å²) in [5, 5.41) is -1.41. The Morgan fingerprint density at radius 2 is 2.21 bits per heavy atom. The SMILES string of the molecule is COC(=O)c1ccc(N2CC(S(=O)(=O)F)CC2=O)o1. The van der Waals surface area contributed by atoms with Gasteiger partial charge < -0.3 is 9.15 Å². The van der Waals surface area contributed by atoms with Crippen molar-refractivity contribution in [3.05, 3.63) is 17.9 Å². The molecule has 104 valence electrons. The number of anilines is 1. The minimum Gasteiger partial charge on any atom is -0.463 e. The highest BCUT2D eigenvalue weighted by Crippen LogP contribution is 2.27. The van der Waals surface area contributed by atoms with Gasteiger partial charge >= 0.3 is 16.2 Å². The summed E-state index contributed by atoms with van der Waals surface area (Å²) < 4.78 is 43.9. The molecule has 2 heterocycles. The summed E-state index contributed by atoms with van der Waals surface area (Å²) in [7, 11) is -3.62. The van der Waals surface area contributed by atoms with Crippen LogP contribution >= 0.6 is 0 Å². The second-order valence-electron chi connectivity index (χ2n) is 3.94. The van der Waals surface area contributed by atoms with Gasteiger partial charge in [-0.15, -0.1) is 3.89 Å². The number of hydrogen-bond donors (Lipinski definition) is 0. The van der Waals surface area contributed by atoms with Crippen LogP contribution in [0.1, 0.15) is 17.0 Å². The minimum atomic E-state index is -4.79. The molecule has 1 unspecified atom stereocenters. The van der Waals surface area contributed by atoms with Crippen molar-refractivity contribution in [3.8, 4) is 0 Å². The first-order valence-corrected chi connectivity index (χ1v) is 6.69. The first-order chi connectivity index (χ1) is 8.82. The molecule has 0 bridgehead atoms. The van der Waals surface area contributed by atoms with Gasteiger partial charge in [-0.3, -0.25) is 9.69 Å². The fourth-order valence-electron chi connectivity index (χ4n) is 1.76. The average Bonchev–Trinajstić information content (AvgIpc) is 2.93. The van der Waals surface area contributed by atoms with Crippen molar-refractivity contribution >= 4 is 28.0 Å². The maximum atomic E-state index is 12.8. The van der Waals surface area contributed by atoms with Crippen molar-refractivity contribution in [1.82, 2.24) is 0 Å². The molecule has 1 saturated heterocycles. The first kappa shape index (κ1) is 13.5. The molecule has 0 saturated carbocycles. The average molecular weight is 291 g/mol. The van der Waals surface area contributed by atoms with Gasteiger partial charge in [-0.1, -0.05) is 0 Å². The number of carbonyl (C=O) groups is 2. The zero-order chi connectivity index (χ0) is 14.2. The molecule has 1 amide bonds. The minimum absolute atomic E-state index is 0.0171. The molecule has 0 spiro atoms. The third-order valence-corrected chi connectivity index (χ3v) is 3.84. The largest absolute Gasteiger partial charge is 0.463 e. The Kier molecular flexibility index (Phi) is 3.31. The molecule has 0 N–H and O–H groups in total. The van der Waals surface area contributed by atoms with Crippen LogP contribution in [0.5, 0.6) is 0 Å². The zero-order valence-corrected chi connectivity index (χ0v) is 10.6. The maximum Gasteiger partial charge on any atom is 0.374 e. The molecular formula is C10H10FNO6S. The Morgan fingerprint density at radius 1 is 1.53 bits per heavy atom. The van der Waals surface area contributed by atoms with Crippen LogP contribution < -0.4 is 4.90 Å². The van der Waals surface area contributed by atoms with E-state index in [1.54, 1.807) is 0 Å². The number of hydrogen-bond acceptors (Lipinski definition) is 6. The first-order valence-electron chi connectivity index (χ1n) is 5.25. The molecule has 1 aliphatic rings. The third kappa shape index (κ3) is 2.60. The predicted molar refractivity (Wildman–Crippen MR) is 60.8 cm³/mol. The highest BCUT2D eigenvalue weighted by atomic mass is 32.3. The lowest BCUT2D eigenvalue weighted by molar-refractivity contribution is -0.117. The number of furan rings is 1. The van der Waals surface area contributed by atoms with Gasteiger partial charge in [0.25, 0.3) is 0 Å². The number of amides is 1. The van der Waals surface area contributed by atoms with E-state index < -0.39 is 33.8 Å². The maximum absolute atomic E-state index is 12.8. The van der Waals surface area contributed by atoms with Crippen molar-refractivity contribution < 1.29 is 31.0 Å². The summed E-state index contributed by atoms with van der Waals surface area (Å²) >= 11 is 0. The number of carbonyl (C=O) groups excluding carboxylic acids is 2. The Balaban J connectivity index is 2.21. The van der Waals surface area contributed by atoms with Gasteiger partial charge in [0, 0.05) is 19.0 Å². The molecule has 7 nitrogen and oxygen atoms in total. The van der Waals surface area contributed by atoms with Crippen molar-refractivity contribution in [2.24, 2.45) is 0 Å². The van der Waals surface area contributed by atoms with E-state index in [1.165, 1.54) is 12.1 Å². The van der Waals surface area contributed by atoms with E-state index >= 15 is 0 Å². The molecule has 1 aromatic heterocycles. The van der Waals surface area contributed by atoms with Crippen molar-refractivity contribution in [2.75, 3.05) is 18.6 Å². The highest BCUT2D eigenvalue weighted by Gasteiger charge is 2.40. The molecule has 1 aliphatic heterocycles. The topological polar surface area (TPSA) is 93.9 Å². The van der Waals surface area contributed by atoms with E-state index in [-0.39, 0.29) is 18.2 Å². The van der Waals surface area contributed by atoms with Crippen molar-refractivity contribution in [2.45, 2.75) is 11.7 Å². The normalized spacial score (nSPS) is 19.8. The van der Waals surface area contributed by atoms with Crippen LogP contribution in [0.25, 0.3) is 0 Å². The van der Waals surface area contributed by atoms with E-state index in [1.807, 2.05) is 0 Å². The summed E-state index contributed by atoms with van der Waals surface area (Å²) in [5.41, 5.74) is 0. The summed E-state index contributed by atoms with van der Waals surface area (Å²) in [6.07, 6.45) is -0.451. The van der Waals surface area contributed by atoms with Crippen LogP contribution in [0.3, 0.4) is 0 Å². The van der Waals surface area contributed by atoms with Crippen LogP contribution in [0.2, 0.25) is 0 Å². The quantitative estimate of drug-likeness (QED) is 0.593. The number of ether oxygens (including phenoxy) is 1. The second kappa shape index (κ2) is 4.65. The number of esters is 1. The second-order valence-corrected chi connectivity index (χ2v) is 5.55. The zero-order valence-electron chi connectivity index (χ0n) is 9.83. The summed E-state index contributed by atoms with van der Waals surface area (Å²) in [6, 6.07) is 2.60. The lowest BCUT2D eigenvalue weighted by Gasteiger charge is -2.11. The van der Waals surface area contributed by atoms with E-state index in [4.69, 9.17) is 4.42 Å². The van der Waals surface area contributed by atoms with E-state index in [0.29, 0.717) is 0 Å². The van der Waals surface area contributed by atoms with Gasteiger partial charge in [0.1, 0.15) is 5.25 Å². The van der Waals surface area contributed by atoms with Gasteiger partial charge in [0.05, 0.1) is 7.11 Å². The Morgan fingerprint density at radius 3 is 2.74 bits per heavy atom. The Bertz CT molecular complexity index is 622.